The Balaban J connectivity index is 0. The first kappa shape index (κ1) is 23.4. The summed E-state index contributed by atoms with van der Waals surface area (Å²) in [6.07, 6.45) is 18.3. The van der Waals surface area contributed by atoms with Crippen molar-refractivity contribution in [2.24, 2.45) is 0 Å². The van der Waals surface area contributed by atoms with Crippen LogP contribution in [0.25, 0.3) is 0 Å². The largest absolute Gasteiger partial charge is 1.00 e. The van der Waals surface area contributed by atoms with Crippen LogP contribution in [0.5, 0.6) is 0 Å². The van der Waals surface area contributed by atoms with E-state index >= 15 is 0 Å². The topological polar surface area (TPSA) is 40.1 Å². The van der Waals surface area contributed by atoms with E-state index in [1.807, 2.05) is 0 Å². The number of hydrogen-bond acceptors (Lipinski definition) is 2. The number of unbranched alkanes of at least 4 members (excludes halogenated alkanes) is 13. The molecule has 0 aromatic carbocycles. The van der Waals surface area contributed by atoms with Crippen LogP contribution in [0.3, 0.4) is 0 Å². The predicted octanol–water partition coefficient (Wildman–Crippen LogP) is 2.35. The minimum atomic E-state index is -1.83. The van der Waals surface area contributed by atoms with Crippen molar-refractivity contribution in [2.75, 3.05) is 5.75 Å². The molecule has 116 valence electrons. The van der Waals surface area contributed by atoms with E-state index < -0.39 is 11.1 Å². The molecule has 20 heavy (non-hydrogen) atoms. The Morgan fingerprint density at radius 1 is 0.650 bits per heavy atom. The van der Waals surface area contributed by atoms with Crippen LogP contribution in [0.4, 0.5) is 0 Å². The third kappa shape index (κ3) is 21.4. The molecule has 0 spiro atoms. The van der Waals surface area contributed by atoms with E-state index in [2.05, 4.69) is 6.92 Å². The summed E-state index contributed by atoms with van der Waals surface area (Å²) in [6, 6.07) is 0. The van der Waals surface area contributed by atoms with E-state index in [1.54, 1.807) is 0 Å². The quantitative estimate of drug-likeness (QED) is 0.264. The molecule has 0 aliphatic carbocycles. The van der Waals surface area contributed by atoms with Gasteiger partial charge in [0.25, 0.3) is 0 Å². The molecule has 0 saturated heterocycles. The smallest absolute Gasteiger partial charge is 0.772 e. The molecule has 0 aliphatic rings. The fourth-order valence-corrected chi connectivity index (χ4v) is 2.85. The van der Waals surface area contributed by atoms with Crippen LogP contribution in [-0.4, -0.2) is 14.5 Å². The zero-order valence-corrected chi connectivity index (χ0v) is 16.6. The summed E-state index contributed by atoms with van der Waals surface area (Å²) >= 11 is -1.83. The van der Waals surface area contributed by atoms with Gasteiger partial charge in [0.1, 0.15) is 0 Å². The Morgan fingerprint density at radius 2 is 0.950 bits per heavy atom. The van der Waals surface area contributed by atoms with Crippen molar-refractivity contribution < 1.29 is 38.3 Å². The van der Waals surface area contributed by atoms with Crippen LogP contribution in [0.2, 0.25) is 0 Å². The predicted molar refractivity (Wildman–Crippen MR) is 84.1 cm³/mol. The molecule has 0 bridgehead atoms. The van der Waals surface area contributed by atoms with Gasteiger partial charge < -0.3 is 4.55 Å². The van der Waals surface area contributed by atoms with E-state index in [9.17, 15) is 8.76 Å². The van der Waals surface area contributed by atoms with Gasteiger partial charge in [0.05, 0.1) is 0 Å². The minimum absolute atomic E-state index is 0. The molecular formula is C16H33NaO2S. The van der Waals surface area contributed by atoms with Gasteiger partial charge in [0, 0.05) is 5.75 Å². The molecule has 4 heteroatoms. The second-order valence-electron chi connectivity index (χ2n) is 5.60. The van der Waals surface area contributed by atoms with Gasteiger partial charge in [-0.05, 0) is 6.42 Å². The third-order valence-corrected chi connectivity index (χ3v) is 4.29. The number of hydrogen-bond donors (Lipinski definition) is 0. The van der Waals surface area contributed by atoms with E-state index in [1.165, 1.54) is 77.0 Å². The average Bonchev–Trinajstić information content (AvgIpc) is 2.39. The minimum Gasteiger partial charge on any atom is -0.772 e. The van der Waals surface area contributed by atoms with Crippen molar-refractivity contribution in [1.82, 2.24) is 0 Å². The Hall–Kier alpha value is 1.11. The zero-order valence-electron chi connectivity index (χ0n) is 13.8. The van der Waals surface area contributed by atoms with E-state index in [0.29, 0.717) is 5.75 Å². The molecule has 1 atom stereocenters. The average molecular weight is 312 g/mol. The van der Waals surface area contributed by atoms with Gasteiger partial charge >= 0.3 is 29.6 Å². The summed E-state index contributed by atoms with van der Waals surface area (Å²) in [5.41, 5.74) is 0. The molecular weight excluding hydrogens is 279 g/mol. The summed E-state index contributed by atoms with van der Waals surface area (Å²) in [4.78, 5) is 0. The zero-order chi connectivity index (χ0) is 14.2. The molecule has 2 nitrogen and oxygen atoms in total. The molecule has 0 rings (SSSR count). The molecule has 0 aromatic rings. The van der Waals surface area contributed by atoms with Crippen molar-refractivity contribution in [2.45, 2.75) is 96.8 Å². The number of rotatable bonds is 15. The van der Waals surface area contributed by atoms with Gasteiger partial charge in [-0.3, -0.25) is 4.21 Å². The van der Waals surface area contributed by atoms with Gasteiger partial charge in [-0.15, -0.1) is 0 Å². The molecule has 0 heterocycles. The van der Waals surface area contributed by atoms with Crippen LogP contribution >= 0.6 is 0 Å². The van der Waals surface area contributed by atoms with Crippen molar-refractivity contribution in [3.05, 3.63) is 0 Å². The van der Waals surface area contributed by atoms with Gasteiger partial charge in [0.2, 0.25) is 0 Å². The summed E-state index contributed by atoms with van der Waals surface area (Å²) in [7, 11) is 0. The van der Waals surface area contributed by atoms with Crippen molar-refractivity contribution in [3.63, 3.8) is 0 Å². The SMILES string of the molecule is CCCCCCCCCCCCCCCCS(=O)[O-].[Na+]. The first-order chi connectivity index (χ1) is 9.27. The van der Waals surface area contributed by atoms with E-state index in [0.717, 1.165) is 12.8 Å². The fourth-order valence-electron chi connectivity index (χ4n) is 2.41. The molecule has 0 fully saturated rings. The van der Waals surface area contributed by atoms with E-state index in [-0.39, 0.29) is 29.6 Å². The first-order valence-electron chi connectivity index (χ1n) is 8.33. The normalized spacial score (nSPS) is 12.1. The van der Waals surface area contributed by atoms with Crippen LogP contribution in [-0.2, 0) is 11.1 Å². The monoisotopic (exact) mass is 312 g/mol. The maximum Gasteiger partial charge on any atom is 1.00 e. The Morgan fingerprint density at radius 3 is 1.25 bits per heavy atom. The third-order valence-electron chi connectivity index (χ3n) is 3.66. The second-order valence-corrected chi connectivity index (χ2v) is 6.62. The summed E-state index contributed by atoms with van der Waals surface area (Å²) < 4.78 is 20.6. The summed E-state index contributed by atoms with van der Waals surface area (Å²) in [6.45, 7) is 2.26. The Labute approximate surface area is 151 Å². The molecule has 0 saturated carbocycles. The van der Waals surface area contributed by atoms with Crippen molar-refractivity contribution >= 4 is 11.1 Å². The van der Waals surface area contributed by atoms with Gasteiger partial charge in [-0.25, -0.2) is 0 Å². The molecule has 0 aromatic heterocycles. The van der Waals surface area contributed by atoms with Crippen molar-refractivity contribution in [1.29, 1.82) is 0 Å². The fraction of sp³-hybridized carbons (Fsp3) is 1.00. The molecule has 0 amide bonds. The Bertz CT molecular complexity index is 201. The summed E-state index contributed by atoms with van der Waals surface area (Å²) in [5.74, 6) is 0.345. The van der Waals surface area contributed by atoms with Gasteiger partial charge in [-0.1, -0.05) is 101 Å². The van der Waals surface area contributed by atoms with Gasteiger partial charge in [-0.2, -0.15) is 0 Å². The van der Waals surface area contributed by atoms with Crippen LogP contribution in [0.15, 0.2) is 0 Å². The maximum absolute atomic E-state index is 10.3. The first-order valence-corrected chi connectivity index (χ1v) is 9.57. The van der Waals surface area contributed by atoms with Crippen LogP contribution in [0, 0.1) is 0 Å². The standard InChI is InChI=1S/C16H34O2S.Na/c1-2-3-4-5-6-7-8-9-10-11-12-13-14-15-16-19(17)18;/h2-16H2,1H3,(H,17,18);/q;+1/p-1. The van der Waals surface area contributed by atoms with Gasteiger partial charge in [0.15, 0.2) is 0 Å². The van der Waals surface area contributed by atoms with E-state index in [4.69, 9.17) is 0 Å². The molecule has 1 unspecified atom stereocenters. The summed E-state index contributed by atoms with van der Waals surface area (Å²) in [5, 5.41) is 0. The second kappa shape index (κ2) is 20.1. The van der Waals surface area contributed by atoms with Crippen LogP contribution in [0.1, 0.15) is 96.8 Å². The molecule has 0 aliphatic heterocycles. The van der Waals surface area contributed by atoms with Crippen molar-refractivity contribution in [3.8, 4) is 0 Å². The van der Waals surface area contributed by atoms with Crippen LogP contribution < -0.4 is 29.6 Å². The molecule has 0 N–H and O–H groups in total. The Kier molecular flexibility index (Phi) is 23.5. The maximum atomic E-state index is 10.3. The molecule has 0 radical (unpaired) electrons.